The van der Waals surface area contributed by atoms with Gasteiger partial charge in [-0.3, -0.25) is 0 Å². The summed E-state index contributed by atoms with van der Waals surface area (Å²) in [5, 5.41) is 5.44. The van der Waals surface area contributed by atoms with Crippen molar-refractivity contribution in [1.29, 1.82) is 0 Å². The highest BCUT2D eigenvalue weighted by molar-refractivity contribution is 5.74. The average molecular weight is 158 g/mol. The van der Waals surface area contributed by atoms with Crippen LogP contribution in [0.3, 0.4) is 0 Å². The van der Waals surface area contributed by atoms with Crippen LogP contribution in [0.25, 0.3) is 0 Å². The molecule has 1 heterocycles. The van der Waals surface area contributed by atoms with Gasteiger partial charge in [0.05, 0.1) is 0 Å². The first-order chi connectivity index (χ1) is 5.10. The third-order valence-electron chi connectivity index (χ3n) is 1.45. The molecule has 2 N–H and O–H groups in total. The van der Waals surface area contributed by atoms with Gasteiger partial charge >= 0.3 is 6.03 Å². The van der Waals surface area contributed by atoms with Crippen molar-refractivity contribution < 1.29 is 4.79 Å². The first kappa shape index (κ1) is 10.3. The third kappa shape index (κ3) is 3.86. The first-order valence-electron chi connectivity index (χ1n) is 4.12. The number of hydrogen-bond acceptors (Lipinski definition) is 1. The van der Waals surface area contributed by atoms with Gasteiger partial charge in [-0.25, -0.2) is 4.79 Å². The van der Waals surface area contributed by atoms with E-state index in [1.807, 2.05) is 13.8 Å². The molecule has 0 aromatic heterocycles. The van der Waals surface area contributed by atoms with E-state index in [1.54, 1.807) is 0 Å². The van der Waals surface area contributed by atoms with Crippen molar-refractivity contribution in [2.24, 2.45) is 5.41 Å². The molecule has 1 aliphatic heterocycles. The molecule has 2 amide bonds. The fraction of sp³-hybridized carbons (Fsp3) is 0.875. The minimum atomic E-state index is -0.0469. The Morgan fingerprint density at radius 1 is 1.18 bits per heavy atom. The molecule has 0 atom stereocenters. The van der Waals surface area contributed by atoms with Crippen LogP contribution in [0.5, 0.6) is 0 Å². The normalized spacial score (nSPS) is 20.5. The smallest absolute Gasteiger partial charge is 0.314 e. The van der Waals surface area contributed by atoms with E-state index < -0.39 is 0 Å². The lowest BCUT2D eigenvalue weighted by Gasteiger charge is -2.30. The number of hydrogen-bond donors (Lipinski definition) is 2. The van der Waals surface area contributed by atoms with Crippen LogP contribution >= 0.6 is 0 Å². The van der Waals surface area contributed by atoms with E-state index in [-0.39, 0.29) is 11.4 Å². The van der Waals surface area contributed by atoms with Gasteiger partial charge in [-0.2, -0.15) is 0 Å². The second kappa shape index (κ2) is 4.21. The van der Waals surface area contributed by atoms with Crippen molar-refractivity contribution in [2.75, 3.05) is 13.1 Å². The zero-order chi connectivity index (χ0) is 8.91. The molecule has 0 aromatic carbocycles. The van der Waals surface area contributed by atoms with Crippen LogP contribution in [0, 0.1) is 5.41 Å². The van der Waals surface area contributed by atoms with Gasteiger partial charge in [-0.1, -0.05) is 27.7 Å². The number of urea groups is 1. The minimum Gasteiger partial charge on any atom is -0.338 e. The Kier molecular flexibility index (Phi) is 3.93. The predicted molar refractivity (Wildman–Crippen MR) is 46.5 cm³/mol. The third-order valence-corrected chi connectivity index (χ3v) is 1.45. The number of nitrogens with one attached hydrogen (secondary N) is 2. The van der Waals surface area contributed by atoms with Crippen molar-refractivity contribution in [3.05, 3.63) is 0 Å². The van der Waals surface area contributed by atoms with Crippen LogP contribution in [-0.4, -0.2) is 19.1 Å². The standard InChI is InChI=1S/C6H12N2O.C2H6/c1-6(2)3-7-5(9)8-4-6;1-2/h3-4H2,1-2H3,(H2,7,8,9);1-2H3. The summed E-state index contributed by atoms with van der Waals surface area (Å²) in [7, 11) is 0. The summed E-state index contributed by atoms with van der Waals surface area (Å²) in [4.78, 5) is 10.5. The van der Waals surface area contributed by atoms with Gasteiger partial charge < -0.3 is 10.6 Å². The molecule has 0 aliphatic carbocycles. The molecule has 3 nitrogen and oxygen atoms in total. The van der Waals surface area contributed by atoms with Crippen LogP contribution in [0.4, 0.5) is 4.79 Å². The van der Waals surface area contributed by atoms with Gasteiger partial charge in [-0.15, -0.1) is 0 Å². The molecule has 1 saturated heterocycles. The van der Waals surface area contributed by atoms with Crippen LogP contribution in [0.15, 0.2) is 0 Å². The maximum atomic E-state index is 10.5. The van der Waals surface area contributed by atoms with Crippen molar-refractivity contribution in [2.45, 2.75) is 27.7 Å². The first-order valence-corrected chi connectivity index (χ1v) is 4.12. The molecule has 1 aliphatic rings. The molecule has 3 heteroatoms. The van der Waals surface area contributed by atoms with Crippen LogP contribution < -0.4 is 10.6 Å². The number of carbonyl (C=O) groups is 1. The fourth-order valence-electron chi connectivity index (χ4n) is 0.764. The summed E-state index contributed by atoms with van der Waals surface area (Å²) in [5.41, 5.74) is 0.216. The van der Waals surface area contributed by atoms with E-state index in [2.05, 4.69) is 24.5 Å². The summed E-state index contributed by atoms with van der Waals surface area (Å²) in [6, 6.07) is -0.0469. The van der Waals surface area contributed by atoms with Crippen molar-refractivity contribution in [1.82, 2.24) is 10.6 Å². The molecule has 0 saturated carbocycles. The van der Waals surface area contributed by atoms with E-state index in [1.165, 1.54) is 0 Å². The topological polar surface area (TPSA) is 41.1 Å². The molecule has 66 valence electrons. The highest BCUT2D eigenvalue weighted by Gasteiger charge is 2.23. The van der Waals surface area contributed by atoms with Gasteiger partial charge in [0.15, 0.2) is 0 Å². The van der Waals surface area contributed by atoms with Crippen molar-refractivity contribution >= 4 is 6.03 Å². The van der Waals surface area contributed by atoms with E-state index in [4.69, 9.17) is 0 Å². The summed E-state index contributed by atoms with van der Waals surface area (Å²) < 4.78 is 0. The van der Waals surface area contributed by atoms with Crippen molar-refractivity contribution in [3.8, 4) is 0 Å². The second-order valence-electron chi connectivity index (χ2n) is 3.20. The molecule has 0 spiro atoms. The molecule has 0 bridgehead atoms. The SMILES string of the molecule is CC.CC1(C)CNC(=O)NC1. The highest BCUT2D eigenvalue weighted by Crippen LogP contribution is 2.13. The largest absolute Gasteiger partial charge is 0.338 e. The average Bonchev–Trinajstić information content (AvgIpc) is 2.00. The Labute approximate surface area is 68.6 Å². The van der Waals surface area contributed by atoms with Gasteiger partial charge in [0.25, 0.3) is 0 Å². The predicted octanol–water partition coefficient (Wildman–Crippen LogP) is 1.35. The molecular weight excluding hydrogens is 140 g/mol. The fourth-order valence-corrected chi connectivity index (χ4v) is 0.764. The Morgan fingerprint density at radius 2 is 1.55 bits per heavy atom. The Balaban J connectivity index is 0.000000461. The molecule has 0 unspecified atom stereocenters. The van der Waals surface area contributed by atoms with Gasteiger partial charge in [-0.05, 0) is 5.41 Å². The Morgan fingerprint density at radius 3 is 1.82 bits per heavy atom. The lowest BCUT2D eigenvalue weighted by Crippen LogP contribution is -2.52. The second-order valence-corrected chi connectivity index (χ2v) is 3.20. The zero-order valence-corrected chi connectivity index (χ0v) is 7.82. The van der Waals surface area contributed by atoms with Crippen molar-refractivity contribution in [3.63, 3.8) is 0 Å². The van der Waals surface area contributed by atoms with Gasteiger partial charge in [0.2, 0.25) is 0 Å². The maximum Gasteiger partial charge on any atom is 0.314 e. The molecule has 11 heavy (non-hydrogen) atoms. The van der Waals surface area contributed by atoms with E-state index >= 15 is 0 Å². The summed E-state index contributed by atoms with van der Waals surface area (Å²) in [6.45, 7) is 9.77. The van der Waals surface area contributed by atoms with Crippen LogP contribution in [0.2, 0.25) is 0 Å². The number of carbonyl (C=O) groups excluding carboxylic acids is 1. The summed E-state index contributed by atoms with van der Waals surface area (Å²) in [6.07, 6.45) is 0. The van der Waals surface area contributed by atoms with Crippen LogP contribution in [0.1, 0.15) is 27.7 Å². The monoisotopic (exact) mass is 158 g/mol. The summed E-state index contributed by atoms with van der Waals surface area (Å²) in [5.74, 6) is 0. The highest BCUT2D eigenvalue weighted by atomic mass is 16.2. The Hall–Kier alpha value is -0.730. The van der Waals surface area contributed by atoms with Gasteiger partial charge in [0, 0.05) is 13.1 Å². The molecule has 1 rings (SSSR count). The minimum absolute atomic E-state index is 0.0469. The number of rotatable bonds is 0. The zero-order valence-electron chi connectivity index (χ0n) is 7.82. The number of amides is 2. The Bertz CT molecular complexity index is 120. The molecule has 1 fully saturated rings. The summed E-state index contributed by atoms with van der Waals surface area (Å²) >= 11 is 0. The van der Waals surface area contributed by atoms with E-state index in [0.29, 0.717) is 0 Å². The van der Waals surface area contributed by atoms with E-state index in [9.17, 15) is 4.79 Å². The lowest BCUT2D eigenvalue weighted by molar-refractivity contribution is 0.213. The van der Waals surface area contributed by atoms with Crippen LogP contribution in [-0.2, 0) is 0 Å². The molecule has 0 radical (unpaired) electrons. The maximum absolute atomic E-state index is 10.5. The van der Waals surface area contributed by atoms with Gasteiger partial charge in [0.1, 0.15) is 0 Å². The molecule has 0 aromatic rings. The van der Waals surface area contributed by atoms with E-state index in [0.717, 1.165) is 13.1 Å². The quantitative estimate of drug-likeness (QED) is 0.549. The lowest BCUT2D eigenvalue weighted by atomic mass is 9.92. The molecular formula is C8H18N2O.